The van der Waals surface area contributed by atoms with Crippen LogP contribution in [0.3, 0.4) is 0 Å². The summed E-state index contributed by atoms with van der Waals surface area (Å²) in [7, 11) is 0. The highest BCUT2D eigenvalue weighted by Gasteiger charge is 2.36. The van der Waals surface area contributed by atoms with Gasteiger partial charge in [0, 0.05) is 11.9 Å². The van der Waals surface area contributed by atoms with E-state index < -0.39 is 23.5 Å². The molecule has 0 aliphatic heterocycles. The molecule has 0 saturated carbocycles. The number of aryl methyl sites for hydroxylation is 1. The van der Waals surface area contributed by atoms with E-state index >= 15 is 0 Å². The maximum absolute atomic E-state index is 13.3. The summed E-state index contributed by atoms with van der Waals surface area (Å²) < 4.78 is 55.0. The third-order valence-corrected chi connectivity index (χ3v) is 4.66. The van der Waals surface area contributed by atoms with E-state index in [1.54, 1.807) is 12.1 Å². The molecule has 1 N–H and O–H groups in total. The molecule has 0 spiro atoms. The molecule has 0 unspecified atom stereocenters. The minimum absolute atomic E-state index is 0.0793. The van der Waals surface area contributed by atoms with Gasteiger partial charge in [0.2, 0.25) is 0 Å². The number of rotatable bonds is 4. The number of nitrogens with one attached hydrogen (secondary N) is 1. The summed E-state index contributed by atoms with van der Waals surface area (Å²) in [5.74, 6) is -1.18. The average molecular weight is 453 g/mol. The van der Waals surface area contributed by atoms with E-state index in [1.807, 2.05) is 0 Å². The first-order chi connectivity index (χ1) is 14.6. The van der Waals surface area contributed by atoms with E-state index in [4.69, 9.17) is 11.6 Å². The Kier molecular flexibility index (Phi) is 5.13. The predicted molar refractivity (Wildman–Crippen MR) is 103 cm³/mol. The van der Waals surface area contributed by atoms with Crippen molar-refractivity contribution in [1.82, 2.24) is 24.4 Å². The number of fused-ring (bicyclic) bond motifs is 1. The zero-order valence-electron chi connectivity index (χ0n) is 15.8. The van der Waals surface area contributed by atoms with Gasteiger partial charge in [0.05, 0.1) is 18.4 Å². The monoisotopic (exact) mass is 452 g/mol. The first kappa shape index (κ1) is 20.8. The van der Waals surface area contributed by atoms with Crippen molar-refractivity contribution in [2.45, 2.75) is 19.6 Å². The van der Waals surface area contributed by atoms with E-state index in [2.05, 4.69) is 20.5 Å². The number of anilines is 1. The quantitative estimate of drug-likeness (QED) is 0.467. The number of nitrogens with zero attached hydrogens (tertiary/aromatic N) is 5. The van der Waals surface area contributed by atoms with Crippen molar-refractivity contribution < 1.29 is 22.4 Å². The van der Waals surface area contributed by atoms with Crippen molar-refractivity contribution in [3.8, 4) is 0 Å². The second kappa shape index (κ2) is 7.65. The maximum Gasteiger partial charge on any atom is 0.433 e. The Balaban J connectivity index is 1.58. The Hall–Kier alpha value is -3.47. The molecular formula is C19H13ClF4N6O. The van der Waals surface area contributed by atoms with E-state index in [1.165, 1.54) is 36.1 Å². The highest BCUT2D eigenvalue weighted by molar-refractivity contribution is 6.37. The minimum Gasteiger partial charge on any atom is -0.318 e. The number of aromatic nitrogens is 5. The van der Waals surface area contributed by atoms with Crippen LogP contribution in [0, 0.1) is 12.7 Å². The Bertz CT molecular complexity index is 1280. The van der Waals surface area contributed by atoms with Crippen molar-refractivity contribution in [3.05, 3.63) is 76.2 Å². The van der Waals surface area contributed by atoms with Gasteiger partial charge in [-0.15, -0.1) is 0 Å². The zero-order valence-corrected chi connectivity index (χ0v) is 16.5. The second-order valence-electron chi connectivity index (χ2n) is 6.69. The smallest absolute Gasteiger partial charge is 0.318 e. The van der Waals surface area contributed by atoms with E-state index in [0.717, 1.165) is 11.6 Å². The molecule has 0 bridgehead atoms. The van der Waals surface area contributed by atoms with Crippen LogP contribution in [-0.2, 0) is 12.7 Å². The summed E-state index contributed by atoms with van der Waals surface area (Å²) in [6.07, 6.45) is -1.85. The number of hydrogen-bond acceptors (Lipinski definition) is 4. The summed E-state index contributed by atoms with van der Waals surface area (Å²) in [5.41, 5.74) is -0.631. The summed E-state index contributed by atoms with van der Waals surface area (Å²) in [5, 5.41) is 10.0. The standard InChI is InChI=1S/C19H13ClF4N6O/c1-10-6-14(19(22,23)24)30-17(26-10)15(20)16(28-30)18(31)27-13-7-25-29(9-13)8-11-2-4-12(21)5-3-11/h2-7,9H,8H2,1H3,(H,27,31). The van der Waals surface area contributed by atoms with Gasteiger partial charge < -0.3 is 5.32 Å². The molecular weight excluding hydrogens is 440 g/mol. The summed E-state index contributed by atoms with van der Waals surface area (Å²) in [6.45, 7) is 1.71. The molecule has 0 aliphatic rings. The van der Waals surface area contributed by atoms with Gasteiger partial charge in [0.15, 0.2) is 11.3 Å². The first-order valence-corrected chi connectivity index (χ1v) is 9.21. The van der Waals surface area contributed by atoms with Gasteiger partial charge in [0.25, 0.3) is 5.91 Å². The number of benzene rings is 1. The van der Waals surface area contributed by atoms with Crippen LogP contribution >= 0.6 is 11.6 Å². The molecule has 7 nitrogen and oxygen atoms in total. The molecule has 1 amide bonds. The van der Waals surface area contributed by atoms with Gasteiger partial charge >= 0.3 is 6.18 Å². The normalized spacial score (nSPS) is 11.8. The molecule has 0 fully saturated rings. The van der Waals surface area contributed by atoms with Gasteiger partial charge in [-0.1, -0.05) is 23.7 Å². The van der Waals surface area contributed by atoms with Crippen LogP contribution in [0.25, 0.3) is 5.65 Å². The molecule has 1 aromatic carbocycles. The van der Waals surface area contributed by atoms with Crippen molar-refractivity contribution in [3.63, 3.8) is 0 Å². The van der Waals surface area contributed by atoms with Crippen LogP contribution in [0.5, 0.6) is 0 Å². The third kappa shape index (κ3) is 4.22. The number of carbonyl (C=O) groups excluding carboxylic acids is 1. The Morgan fingerprint density at radius 3 is 2.61 bits per heavy atom. The summed E-state index contributed by atoms with van der Waals surface area (Å²) >= 11 is 6.11. The van der Waals surface area contributed by atoms with Gasteiger partial charge in [0.1, 0.15) is 16.5 Å². The number of carbonyl (C=O) groups is 1. The minimum atomic E-state index is -4.71. The molecule has 12 heteroatoms. The molecule has 3 aromatic heterocycles. The lowest BCUT2D eigenvalue weighted by atomic mass is 10.2. The molecule has 4 rings (SSSR count). The first-order valence-electron chi connectivity index (χ1n) is 8.83. The molecule has 0 radical (unpaired) electrons. The number of hydrogen-bond donors (Lipinski definition) is 1. The Labute approximate surface area is 177 Å². The van der Waals surface area contributed by atoms with E-state index in [9.17, 15) is 22.4 Å². The topological polar surface area (TPSA) is 77.1 Å². The molecule has 4 aromatic rings. The van der Waals surface area contributed by atoms with Crippen LogP contribution in [-0.4, -0.2) is 30.3 Å². The fourth-order valence-electron chi connectivity index (χ4n) is 2.94. The van der Waals surface area contributed by atoms with Crippen LogP contribution in [0.15, 0.2) is 42.7 Å². The van der Waals surface area contributed by atoms with E-state index in [-0.39, 0.29) is 27.9 Å². The lowest BCUT2D eigenvalue weighted by molar-refractivity contribution is -0.142. The number of amides is 1. The lowest BCUT2D eigenvalue weighted by Crippen LogP contribution is -2.15. The van der Waals surface area contributed by atoms with Gasteiger partial charge in [-0.05, 0) is 30.7 Å². The fraction of sp³-hybridized carbons (Fsp3) is 0.158. The van der Waals surface area contributed by atoms with Crippen molar-refractivity contribution in [2.24, 2.45) is 0 Å². The van der Waals surface area contributed by atoms with Crippen molar-refractivity contribution in [2.75, 3.05) is 5.32 Å². The third-order valence-electron chi connectivity index (χ3n) is 4.32. The Morgan fingerprint density at radius 1 is 1.23 bits per heavy atom. The largest absolute Gasteiger partial charge is 0.433 e. The molecule has 160 valence electrons. The number of alkyl halides is 3. The maximum atomic E-state index is 13.3. The van der Waals surface area contributed by atoms with Gasteiger partial charge in [-0.25, -0.2) is 13.9 Å². The number of halogens is 5. The summed E-state index contributed by atoms with van der Waals surface area (Å²) in [4.78, 5) is 16.6. The molecule has 0 aliphatic carbocycles. The SMILES string of the molecule is Cc1cc(C(F)(F)F)n2nc(C(=O)Nc3cnn(Cc4ccc(F)cc4)c3)c(Cl)c2n1. The predicted octanol–water partition coefficient (Wildman–Crippen LogP) is 4.35. The molecule has 31 heavy (non-hydrogen) atoms. The average Bonchev–Trinajstić information content (AvgIpc) is 3.27. The van der Waals surface area contributed by atoms with E-state index in [0.29, 0.717) is 11.1 Å². The van der Waals surface area contributed by atoms with Crippen LogP contribution < -0.4 is 5.32 Å². The van der Waals surface area contributed by atoms with Crippen LogP contribution in [0.1, 0.15) is 27.4 Å². The zero-order chi connectivity index (χ0) is 22.3. The molecule has 0 saturated heterocycles. The second-order valence-corrected chi connectivity index (χ2v) is 7.06. The van der Waals surface area contributed by atoms with Crippen LogP contribution in [0.4, 0.5) is 23.2 Å². The van der Waals surface area contributed by atoms with Crippen LogP contribution in [0.2, 0.25) is 5.02 Å². The highest BCUT2D eigenvalue weighted by Crippen LogP contribution is 2.32. The summed E-state index contributed by atoms with van der Waals surface area (Å²) in [6, 6.07) is 6.64. The lowest BCUT2D eigenvalue weighted by Gasteiger charge is -2.09. The van der Waals surface area contributed by atoms with Gasteiger partial charge in [-0.3, -0.25) is 9.48 Å². The fourth-order valence-corrected chi connectivity index (χ4v) is 3.19. The van der Waals surface area contributed by atoms with Crippen molar-refractivity contribution >= 4 is 28.8 Å². The molecule has 0 atom stereocenters. The highest BCUT2D eigenvalue weighted by atomic mass is 35.5. The Morgan fingerprint density at radius 2 is 1.94 bits per heavy atom. The molecule has 3 heterocycles. The van der Waals surface area contributed by atoms with Crippen molar-refractivity contribution in [1.29, 1.82) is 0 Å². The van der Waals surface area contributed by atoms with Gasteiger partial charge in [-0.2, -0.15) is 23.4 Å².